The van der Waals surface area contributed by atoms with E-state index in [1.54, 1.807) is 13.2 Å². The molecule has 0 spiro atoms. The number of hydrogen-bond acceptors (Lipinski definition) is 5. The highest BCUT2D eigenvalue weighted by atomic mass is 16.5. The summed E-state index contributed by atoms with van der Waals surface area (Å²) in [7, 11) is 1.56. The van der Waals surface area contributed by atoms with E-state index in [1.165, 1.54) is 0 Å². The summed E-state index contributed by atoms with van der Waals surface area (Å²) in [4.78, 5) is 11.4. The van der Waals surface area contributed by atoms with Crippen molar-refractivity contribution in [1.82, 2.24) is 10.6 Å². The van der Waals surface area contributed by atoms with E-state index in [0.29, 0.717) is 11.5 Å². The number of nitrogens with zero attached hydrogens (tertiary/aromatic N) is 1. The summed E-state index contributed by atoms with van der Waals surface area (Å²) in [6.45, 7) is 4.80. The van der Waals surface area contributed by atoms with Crippen molar-refractivity contribution < 1.29 is 14.3 Å². The Hall–Kier alpha value is -2.26. The minimum atomic E-state index is -0.344. The van der Waals surface area contributed by atoms with Gasteiger partial charge in [0.25, 0.3) is 5.91 Å². The minimum absolute atomic E-state index is 0.0293. The molecule has 0 aliphatic heterocycles. The molecule has 2 N–H and O–H groups in total. The van der Waals surface area contributed by atoms with Crippen LogP contribution >= 0.6 is 0 Å². The Labute approximate surface area is 125 Å². The molecule has 0 aromatic heterocycles. The van der Waals surface area contributed by atoms with Crippen molar-refractivity contribution in [2.45, 2.75) is 19.9 Å². The third-order valence-electron chi connectivity index (χ3n) is 2.92. The first kappa shape index (κ1) is 16.8. The highest BCUT2D eigenvalue weighted by molar-refractivity contribution is 5.77. The van der Waals surface area contributed by atoms with Crippen molar-refractivity contribution in [2.75, 3.05) is 26.8 Å². The monoisotopic (exact) mass is 291 g/mol. The van der Waals surface area contributed by atoms with Crippen LogP contribution in [0.4, 0.5) is 0 Å². The molecule has 1 rings (SSSR count). The fraction of sp³-hybridized carbons (Fsp3) is 0.467. The second-order valence-corrected chi connectivity index (χ2v) is 4.41. The fourth-order valence-corrected chi connectivity index (χ4v) is 1.83. The highest BCUT2D eigenvalue weighted by Gasteiger charge is 2.11. The first-order valence-corrected chi connectivity index (χ1v) is 6.80. The summed E-state index contributed by atoms with van der Waals surface area (Å²) in [5.74, 6) is 0.728. The number of ether oxygens (including phenoxy) is 2. The van der Waals surface area contributed by atoms with Crippen LogP contribution < -0.4 is 20.1 Å². The van der Waals surface area contributed by atoms with Crippen molar-refractivity contribution in [2.24, 2.45) is 0 Å². The van der Waals surface area contributed by atoms with Crippen LogP contribution in [0.15, 0.2) is 18.2 Å². The Kier molecular flexibility index (Phi) is 7.05. The van der Waals surface area contributed by atoms with Gasteiger partial charge in [0.05, 0.1) is 13.2 Å². The highest BCUT2D eigenvalue weighted by Crippen LogP contribution is 2.30. The van der Waals surface area contributed by atoms with E-state index in [9.17, 15) is 4.79 Å². The Morgan fingerprint density at radius 3 is 2.81 bits per heavy atom. The molecule has 1 amide bonds. The topological polar surface area (TPSA) is 83.4 Å². The zero-order chi connectivity index (χ0) is 15.7. The van der Waals surface area contributed by atoms with Gasteiger partial charge in [-0.2, -0.15) is 5.26 Å². The van der Waals surface area contributed by atoms with E-state index in [0.717, 1.165) is 12.1 Å². The Balaban J connectivity index is 2.71. The Bertz CT molecular complexity index is 511. The molecule has 1 atom stereocenters. The molecule has 1 aromatic rings. The quantitative estimate of drug-likeness (QED) is 0.707. The van der Waals surface area contributed by atoms with Crippen LogP contribution in [0, 0.1) is 11.3 Å². The van der Waals surface area contributed by atoms with Gasteiger partial charge >= 0.3 is 0 Å². The van der Waals surface area contributed by atoms with Gasteiger partial charge < -0.3 is 20.1 Å². The van der Waals surface area contributed by atoms with Gasteiger partial charge in [-0.15, -0.1) is 0 Å². The predicted molar refractivity (Wildman–Crippen MR) is 79.2 cm³/mol. The third-order valence-corrected chi connectivity index (χ3v) is 2.92. The molecule has 1 aromatic carbocycles. The number of methoxy groups -OCH3 is 1. The number of nitriles is 1. The molecule has 21 heavy (non-hydrogen) atoms. The zero-order valence-electron chi connectivity index (χ0n) is 12.6. The average molecular weight is 291 g/mol. The number of nitrogens with one attached hydrogen (secondary N) is 2. The predicted octanol–water partition coefficient (Wildman–Crippen LogP) is 1.38. The molecule has 0 heterocycles. The van der Waals surface area contributed by atoms with Gasteiger partial charge in [0.15, 0.2) is 18.1 Å². The van der Waals surface area contributed by atoms with Gasteiger partial charge in [-0.25, -0.2) is 0 Å². The molecular weight excluding hydrogens is 270 g/mol. The van der Waals surface area contributed by atoms with Gasteiger partial charge in [0.1, 0.15) is 6.54 Å². The van der Waals surface area contributed by atoms with Gasteiger partial charge in [-0.1, -0.05) is 13.0 Å². The van der Waals surface area contributed by atoms with Crippen molar-refractivity contribution in [3.63, 3.8) is 0 Å². The fourth-order valence-electron chi connectivity index (χ4n) is 1.83. The summed E-state index contributed by atoms with van der Waals surface area (Å²) >= 11 is 0. The number of rotatable bonds is 8. The summed E-state index contributed by atoms with van der Waals surface area (Å²) in [6, 6.07) is 7.63. The summed E-state index contributed by atoms with van der Waals surface area (Å²) in [6.07, 6.45) is 0. The van der Waals surface area contributed by atoms with Gasteiger partial charge in [0.2, 0.25) is 0 Å². The van der Waals surface area contributed by atoms with E-state index in [2.05, 4.69) is 17.6 Å². The maximum Gasteiger partial charge on any atom is 0.258 e. The van der Waals surface area contributed by atoms with E-state index >= 15 is 0 Å². The first-order valence-electron chi connectivity index (χ1n) is 6.80. The van der Waals surface area contributed by atoms with E-state index in [-0.39, 0.29) is 25.1 Å². The molecule has 6 nitrogen and oxygen atoms in total. The molecule has 0 bridgehead atoms. The van der Waals surface area contributed by atoms with Crippen LogP contribution in [0.25, 0.3) is 0 Å². The lowest BCUT2D eigenvalue weighted by atomic mass is 10.1. The lowest BCUT2D eigenvalue weighted by Crippen LogP contribution is -2.29. The molecule has 0 aliphatic rings. The molecule has 1 unspecified atom stereocenters. The molecule has 0 fully saturated rings. The number of carbonyl (C=O) groups is 1. The molecule has 114 valence electrons. The largest absolute Gasteiger partial charge is 0.493 e. The minimum Gasteiger partial charge on any atom is -0.493 e. The maximum atomic E-state index is 11.4. The molecule has 6 heteroatoms. The second-order valence-electron chi connectivity index (χ2n) is 4.41. The van der Waals surface area contributed by atoms with Crippen LogP contribution in [0.5, 0.6) is 11.5 Å². The summed E-state index contributed by atoms with van der Waals surface area (Å²) in [5, 5.41) is 14.1. The second kappa shape index (κ2) is 8.82. The molecule has 0 radical (unpaired) electrons. The number of hydrogen-bond donors (Lipinski definition) is 2. The number of benzene rings is 1. The van der Waals surface area contributed by atoms with E-state index in [1.807, 2.05) is 25.1 Å². The van der Waals surface area contributed by atoms with E-state index in [4.69, 9.17) is 14.7 Å². The normalized spacial score (nSPS) is 11.3. The first-order chi connectivity index (χ1) is 10.1. The van der Waals surface area contributed by atoms with Crippen LogP contribution in [0.1, 0.15) is 25.5 Å². The van der Waals surface area contributed by atoms with Gasteiger partial charge in [0, 0.05) is 6.04 Å². The lowest BCUT2D eigenvalue weighted by molar-refractivity contribution is -0.122. The SMILES string of the molecule is CCNC(C)c1ccc(OCC(=O)NCC#N)c(OC)c1. The molecular formula is C15H21N3O3. The van der Waals surface area contributed by atoms with Crippen molar-refractivity contribution in [1.29, 1.82) is 5.26 Å². The maximum absolute atomic E-state index is 11.4. The summed E-state index contributed by atoms with van der Waals surface area (Å²) < 4.78 is 10.7. The van der Waals surface area contributed by atoms with Gasteiger partial charge in [-0.05, 0) is 31.2 Å². The Morgan fingerprint density at radius 2 is 2.19 bits per heavy atom. The van der Waals surface area contributed by atoms with Crippen molar-refractivity contribution in [3.8, 4) is 17.6 Å². The number of amides is 1. The van der Waals surface area contributed by atoms with Gasteiger partial charge in [-0.3, -0.25) is 4.79 Å². The van der Waals surface area contributed by atoms with Crippen molar-refractivity contribution in [3.05, 3.63) is 23.8 Å². The molecule has 0 aliphatic carbocycles. The van der Waals surface area contributed by atoms with Crippen molar-refractivity contribution >= 4 is 5.91 Å². The average Bonchev–Trinajstić information content (AvgIpc) is 2.50. The standard InChI is InChI=1S/C15H21N3O3/c1-4-17-11(2)12-5-6-13(14(9-12)20-3)21-10-15(19)18-8-7-16/h5-6,9,11,17H,4,8,10H2,1-3H3,(H,18,19). The lowest BCUT2D eigenvalue weighted by Gasteiger charge is -2.16. The smallest absolute Gasteiger partial charge is 0.258 e. The third kappa shape index (κ3) is 5.32. The van der Waals surface area contributed by atoms with Crippen LogP contribution in [0.3, 0.4) is 0 Å². The summed E-state index contributed by atoms with van der Waals surface area (Å²) in [5.41, 5.74) is 1.08. The number of carbonyl (C=O) groups excluding carboxylic acids is 1. The molecule has 0 saturated heterocycles. The van der Waals surface area contributed by atoms with Crippen LogP contribution in [0.2, 0.25) is 0 Å². The van der Waals surface area contributed by atoms with E-state index < -0.39 is 0 Å². The zero-order valence-corrected chi connectivity index (χ0v) is 12.6. The Morgan fingerprint density at radius 1 is 1.43 bits per heavy atom. The van der Waals surface area contributed by atoms with Crippen LogP contribution in [-0.2, 0) is 4.79 Å². The van der Waals surface area contributed by atoms with Crippen LogP contribution in [-0.4, -0.2) is 32.7 Å². The molecule has 0 saturated carbocycles.